The summed E-state index contributed by atoms with van der Waals surface area (Å²) in [4.78, 5) is 0. The van der Waals surface area contributed by atoms with E-state index in [0.29, 0.717) is 6.04 Å². The van der Waals surface area contributed by atoms with Crippen molar-refractivity contribution in [3.63, 3.8) is 0 Å². The fourth-order valence-electron chi connectivity index (χ4n) is 2.14. The molecule has 2 nitrogen and oxygen atoms in total. The summed E-state index contributed by atoms with van der Waals surface area (Å²) in [6, 6.07) is 7.02. The Hall–Kier alpha value is -1.02. The average Bonchev–Trinajstić information content (AvgIpc) is 2.29. The Balaban J connectivity index is 2.86. The van der Waals surface area contributed by atoms with Crippen molar-refractivity contribution in [1.82, 2.24) is 5.32 Å². The van der Waals surface area contributed by atoms with Crippen molar-refractivity contribution in [2.45, 2.75) is 39.7 Å². The lowest BCUT2D eigenvalue weighted by atomic mass is 10.0. The van der Waals surface area contributed by atoms with Crippen molar-refractivity contribution in [2.24, 2.45) is 0 Å². The van der Waals surface area contributed by atoms with Crippen LogP contribution in [0.15, 0.2) is 18.2 Å². The normalized spacial score (nSPS) is 12.5. The molecule has 0 fully saturated rings. The Morgan fingerprint density at radius 3 is 2.50 bits per heavy atom. The van der Waals surface area contributed by atoms with E-state index >= 15 is 0 Å². The lowest BCUT2D eigenvalue weighted by Gasteiger charge is -2.19. The number of nitrogens with one attached hydrogen (secondary N) is 2. The van der Waals surface area contributed by atoms with Crippen LogP contribution in [-0.2, 0) is 12.8 Å². The molecule has 0 saturated carbocycles. The highest BCUT2D eigenvalue weighted by molar-refractivity contribution is 5.55. The number of likely N-dealkylation sites (N-methyl/N-ethyl adjacent to an activating group) is 1. The average molecular weight is 220 g/mol. The first-order valence-corrected chi connectivity index (χ1v) is 6.24. The second kappa shape index (κ2) is 6.54. The highest BCUT2D eigenvalue weighted by Gasteiger charge is 2.07. The molecule has 0 spiro atoms. The summed E-state index contributed by atoms with van der Waals surface area (Å²) in [5.41, 5.74) is 4.22. The predicted octanol–water partition coefficient (Wildman–Crippen LogP) is 2.83. The molecule has 2 N–H and O–H groups in total. The summed E-state index contributed by atoms with van der Waals surface area (Å²) in [7, 11) is 1.99. The van der Waals surface area contributed by atoms with Crippen LogP contribution in [0.25, 0.3) is 0 Å². The van der Waals surface area contributed by atoms with E-state index in [-0.39, 0.29) is 0 Å². The topological polar surface area (TPSA) is 24.1 Å². The zero-order chi connectivity index (χ0) is 12.0. The van der Waals surface area contributed by atoms with E-state index in [2.05, 4.69) is 49.6 Å². The zero-order valence-electron chi connectivity index (χ0n) is 10.9. The molecule has 16 heavy (non-hydrogen) atoms. The van der Waals surface area contributed by atoms with Crippen LogP contribution in [0.5, 0.6) is 0 Å². The molecule has 2 heteroatoms. The monoisotopic (exact) mass is 220 g/mol. The molecule has 0 amide bonds. The van der Waals surface area contributed by atoms with Gasteiger partial charge in [-0.2, -0.15) is 0 Å². The number of anilines is 1. The van der Waals surface area contributed by atoms with E-state index in [1.807, 2.05) is 7.05 Å². The Morgan fingerprint density at radius 2 is 1.94 bits per heavy atom. The van der Waals surface area contributed by atoms with E-state index in [9.17, 15) is 0 Å². The van der Waals surface area contributed by atoms with Gasteiger partial charge in [0.05, 0.1) is 0 Å². The maximum absolute atomic E-state index is 3.57. The first kappa shape index (κ1) is 13.0. The van der Waals surface area contributed by atoms with Gasteiger partial charge < -0.3 is 10.6 Å². The molecule has 1 aromatic carbocycles. The van der Waals surface area contributed by atoms with Gasteiger partial charge in [0.15, 0.2) is 0 Å². The molecule has 0 aliphatic carbocycles. The van der Waals surface area contributed by atoms with Crippen LogP contribution >= 0.6 is 0 Å². The predicted molar refractivity (Wildman–Crippen MR) is 72.2 cm³/mol. The molecule has 90 valence electrons. The summed E-state index contributed by atoms with van der Waals surface area (Å²) in [6.07, 6.45) is 2.21. The lowest BCUT2D eigenvalue weighted by Crippen LogP contribution is -2.28. The minimum atomic E-state index is 0.461. The largest absolute Gasteiger partial charge is 0.381 e. The number of hydrogen-bond donors (Lipinski definition) is 2. The van der Waals surface area contributed by atoms with Gasteiger partial charge in [-0.25, -0.2) is 0 Å². The summed E-state index contributed by atoms with van der Waals surface area (Å²) in [5.74, 6) is 0. The van der Waals surface area contributed by atoms with E-state index < -0.39 is 0 Å². The van der Waals surface area contributed by atoms with Crippen molar-refractivity contribution < 1.29 is 0 Å². The van der Waals surface area contributed by atoms with Crippen molar-refractivity contribution in [2.75, 3.05) is 18.9 Å². The first-order valence-electron chi connectivity index (χ1n) is 6.24. The second-order valence-electron chi connectivity index (χ2n) is 4.25. The highest BCUT2D eigenvalue weighted by atomic mass is 15.0. The minimum absolute atomic E-state index is 0.461. The lowest BCUT2D eigenvalue weighted by molar-refractivity contribution is 0.699. The van der Waals surface area contributed by atoms with Gasteiger partial charge in [-0.3, -0.25) is 0 Å². The summed E-state index contributed by atoms with van der Waals surface area (Å²) >= 11 is 0. The molecule has 1 rings (SSSR count). The van der Waals surface area contributed by atoms with Gasteiger partial charge in [0.1, 0.15) is 0 Å². The molecule has 0 bridgehead atoms. The molecule has 0 aliphatic rings. The molecule has 0 radical (unpaired) electrons. The smallest absolute Gasteiger partial charge is 0.0377 e. The molecule has 0 heterocycles. The van der Waals surface area contributed by atoms with Crippen LogP contribution < -0.4 is 10.6 Å². The molecular formula is C14H24N2. The second-order valence-corrected chi connectivity index (χ2v) is 4.25. The van der Waals surface area contributed by atoms with Crippen LogP contribution in [0.1, 0.15) is 31.9 Å². The van der Waals surface area contributed by atoms with Crippen LogP contribution in [0.3, 0.4) is 0 Å². The molecule has 0 saturated heterocycles. The van der Waals surface area contributed by atoms with E-state index in [4.69, 9.17) is 0 Å². The quantitative estimate of drug-likeness (QED) is 0.770. The third-order valence-corrected chi connectivity index (χ3v) is 2.92. The van der Waals surface area contributed by atoms with Gasteiger partial charge >= 0.3 is 0 Å². The van der Waals surface area contributed by atoms with Gasteiger partial charge in [0.2, 0.25) is 0 Å². The third-order valence-electron chi connectivity index (χ3n) is 2.92. The summed E-state index contributed by atoms with van der Waals surface area (Å²) in [5, 5.41) is 6.77. The van der Waals surface area contributed by atoms with Crippen molar-refractivity contribution in [1.29, 1.82) is 0 Å². The van der Waals surface area contributed by atoms with Gasteiger partial charge in [-0.1, -0.05) is 26.0 Å². The number of aryl methyl sites for hydroxylation is 1. The third kappa shape index (κ3) is 3.24. The molecule has 1 unspecified atom stereocenters. The SMILES string of the molecule is CCc1cccc(NC(C)CNC)c1CC. The number of hydrogen-bond acceptors (Lipinski definition) is 2. The van der Waals surface area contributed by atoms with Crippen LogP contribution in [0.4, 0.5) is 5.69 Å². The van der Waals surface area contributed by atoms with Gasteiger partial charge in [0, 0.05) is 18.3 Å². The van der Waals surface area contributed by atoms with Gasteiger partial charge in [0.25, 0.3) is 0 Å². The maximum atomic E-state index is 3.57. The molecular weight excluding hydrogens is 196 g/mol. The minimum Gasteiger partial charge on any atom is -0.381 e. The van der Waals surface area contributed by atoms with Crippen LogP contribution in [-0.4, -0.2) is 19.6 Å². The highest BCUT2D eigenvalue weighted by Crippen LogP contribution is 2.21. The Labute approximate surface area is 99.5 Å². The van der Waals surface area contributed by atoms with E-state index in [1.165, 1.54) is 16.8 Å². The van der Waals surface area contributed by atoms with E-state index in [0.717, 1.165) is 19.4 Å². The fraction of sp³-hybridized carbons (Fsp3) is 0.571. The van der Waals surface area contributed by atoms with Gasteiger partial charge in [-0.05, 0) is 44.0 Å². The van der Waals surface area contributed by atoms with Crippen molar-refractivity contribution >= 4 is 5.69 Å². The Kier molecular flexibility index (Phi) is 5.33. The van der Waals surface area contributed by atoms with Crippen LogP contribution in [0, 0.1) is 0 Å². The first-order chi connectivity index (χ1) is 7.72. The van der Waals surface area contributed by atoms with Crippen LogP contribution in [0.2, 0.25) is 0 Å². The number of benzene rings is 1. The molecule has 1 atom stereocenters. The Morgan fingerprint density at radius 1 is 1.19 bits per heavy atom. The van der Waals surface area contributed by atoms with Gasteiger partial charge in [-0.15, -0.1) is 0 Å². The Bertz CT molecular complexity index is 321. The molecule has 0 aromatic heterocycles. The van der Waals surface area contributed by atoms with Crippen molar-refractivity contribution in [3.05, 3.63) is 29.3 Å². The molecule has 1 aromatic rings. The summed E-state index contributed by atoms with van der Waals surface area (Å²) < 4.78 is 0. The zero-order valence-corrected chi connectivity index (χ0v) is 10.9. The molecule has 0 aliphatic heterocycles. The maximum Gasteiger partial charge on any atom is 0.0377 e. The summed E-state index contributed by atoms with van der Waals surface area (Å²) in [6.45, 7) is 7.63. The standard InChI is InChI=1S/C14H24N2/c1-5-12-8-7-9-14(13(12)6-2)16-11(3)10-15-4/h7-9,11,15-16H,5-6,10H2,1-4H3. The number of rotatable bonds is 6. The fourth-order valence-corrected chi connectivity index (χ4v) is 2.14. The van der Waals surface area contributed by atoms with E-state index in [1.54, 1.807) is 0 Å². The van der Waals surface area contributed by atoms with Crippen molar-refractivity contribution in [3.8, 4) is 0 Å².